The predicted molar refractivity (Wildman–Crippen MR) is 81.3 cm³/mol. The molecule has 1 heterocycles. The molecular weight excluding hydrogens is 248 g/mol. The summed E-state index contributed by atoms with van der Waals surface area (Å²) in [7, 11) is 0. The van der Waals surface area contributed by atoms with Crippen LogP contribution in [0.25, 0.3) is 0 Å². The maximum atomic E-state index is 5.28. The van der Waals surface area contributed by atoms with Gasteiger partial charge in [-0.05, 0) is 36.4 Å². The molecule has 3 aromatic rings. The lowest BCUT2D eigenvalue weighted by molar-refractivity contribution is 0.560. The minimum absolute atomic E-state index is 0.724. The van der Waals surface area contributed by atoms with Crippen molar-refractivity contribution in [1.82, 2.24) is 0 Å². The fraction of sp³-hybridized carbons (Fsp3) is 0. The van der Waals surface area contributed by atoms with Gasteiger partial charge in [0.15, 0.2) is 0 Å². The van der Waals surface area contributed by atoms with Gasteiger partial charge >= 0.3 is 0 Å². The normalized spacial score (nSPS) is 10.8. The van der Waals surface area contributed by atoms with E-state index in [9.17, 15) is 0 Å². The van der Waals surface area contributed by atoms with Crippen LogP contribution in [0.1, 0.15) is 5.76 Å². The molecule has 3 rings (SSSR count). The number of anilines is 2. The molecular formula is C17H14N2O. The molecule has 2 aromatic carbocycles. The molecule has 0 bridgehead atoms. The van der Waals surface area contributed by atoms with Gasteiger partial charge in [-0.15, -0.1) is 0 Å². The third-order valence-electron chi connectivity index (χ3n) is 2.85. The fourth-order valence-electron chi connectivity index (χ4n) is 1.90. The molecule has 0 fully saturated rings. The van der Waals surface area contributed by atoms with Gasteiger partial charge in [0.05, 0.1) is 23.9 Å². The van der Waals surface area contributed by atoms with Crippen LogP contribution >= 0.6 is 0 Å². The van der Waals surface area contributed by atoms with Crippen molar-refractivity contribution in [2.75, 3.05) is 5.01 Å². The lowest BCUT2D eigenvalue weighted by Gasteiger charge is -2.18. The van der Waals surface area contributed by atoms with Crippen LogP contribution in [0.3, 0.4) is 0 Å². The molecule has 98 valence electrons. The number of hydrogen-bond donors (Lipinski definition) is 0. The van der Waals surface area contributed by atoms with E-state index in [1.807, 2.05) is 77.8 Å². The van der Waals surface area contributed by atoms with Gasteiger partial charge in [0, 0.05) is 0 Å². The molecule has 0 radical (unpaired) electrons. The third-order valence-corrected chi connectivity index (χ3v) is 2.85. The Bertz CT molecular complexity index is 621. The first-order chi connectivity index (χ1) is 9.93. The third kappa shape index (κ3) is 2.78. The zero-order chi connectivity index (χ0) is 13.6. The van der Waals surface area contributed by atoms with Gasteiger partial charge in [-0.3, -0.25) is 0 Å². The Morgan fingerprint density at radius 2 is 1.35 bits per heavy atom. The highest BCUT2D eigenvalue weighted by Gasteiger charge is 2.06. The van der Waals surface area contributed by atoms with E-state index in [1.54, 1.807) is 12.5 Å². The number of hydrogen-bond acceptors (Lipinski definition) is 3. The first-order valence-electron chi connectivity index (χ1n) is 6.41. The molecule has 0 unspecified atom stereocenters. The van der Waals surface area contributed by atoms with Crippen LogP contribution in [0.15, 0.2) is 88.6 Å². The molecule has 0 N–H and O–H groups in total. The number of nitrogens with zero attached hydrogens (tertiary/aromatic N) is 2. The van der Waals surface area contributed by atoms with Crippen LogP contribution in [0.4, 0.5) is 11.4 Å². The van der Waals surface area contributed by atoms with Crippen molar-refractivity contribution < 1.29 is 4.42 Å². The molecule has 0 amide bonds. The quantitative estimate of drug-likeness (QED) is 0.513. The lowest BCUT2D eigenvalue weighted by atomic mass is 10.2. The minimum Gasteiger partial charge on any atom is -0.463 e. The van der Waals surface area contributed by atoms with Crippen LogP contribution in [0, 0.1) is 0 Å². The van der Waals surface area contributed by atoms with Crippen molar-refractivity contribution in [2.24, 2.45) is 5.10 Å². The van der Waals surface area contributed by atoms with Crippen molar-refractivity contribution in [3.63, 3.8) is 0 Å². The molecule has 1 aromatic heterocycles. The molecule has 20 heavy (non-hydrogen) atoms. The summed E-state index contributed by atoms with van der Waals surface area (Å²) >= 11 is 0. The Morgan fingerprint density at radius 1 is 0.750 bits per heavy atom. The SMILES string of the molecule is C(=N\N(c1ccccc1)c1ccccc1)/c1ccco1. The molecule has 0 saturated carbocycles. The van der Waals surface area contributed by atoms with Crippen molar-refractivity contribution in [3.8, 4) is 0 Å². The van der Waals surface area contributed by atoms with Gasteiger partial charge in [-0.25, -0.2) is 5.01 Å². The van der Waals surface area contributed by atoms with Crippen LogP contribution in [-0.2, 0) is 0 Å². The number of furan rings is 1. The zero-order valence-electron chi connectivity index (χ0n) is 10.9. The average Bonchev–Trinajstić information content (AvgIpc) is 3.03. The summed E-state index contributed by atoms with van der Waals surface area (Å²) in [4.78, 5) is 0. The molecule has 3 heteroatoms. The Labute approximate surface area is 117 Å². The maximum absolute atomic E-state index is 5.28. The molecule has 0 atom stereocenters. The van der Waals surface area contributed by atoms with Crippen LogP contribution in [-0.4, -0.2) is 6.21 Å². The predicted octanol–water partition coefficient (Wildman–Crippen LogP) is 4.45. The van der Waals surface area contributed by atoms with E-state index >= 15 is 0 Å². The number of hydrazone groups is 1. The van der Waals surface area contributed by atoms with E-state index in [-0.39, 0.29) is 0 Å². The van der Waals surface area contributed by atoms with Crippen LogP contribution in [0.5, 0.6) is 0 Å². The second-order valence-electron chi connectivity index (χ2n) is 4.24. The Balaban J connectivity index is 1.96. The Morgan fingerprint density at radius 3 is 1.85 bits per heavy atom. The highest BCUT2D eigenvalue weighted by Crippen LogP contribution is 2.25. The van der Waals surface area contributed by atoms with Crippen LogP contribution < -0.4 is 5.01 Å². The maximum Gasteiger partial charge on any atom is 0.146 e. The highest BCUT2D eigenvalue weighted by atomic mass is 16.3. The summed E-state index contributed by atoms with van der Waals surface area (Å²) in [5.41, 5.74) is 2.00. The monoisotopic (exact) mass is 262 g/mol. The number of para-hydroxylation sites is 2. The molecule has 0 spiro atoms. The zero-order valence-corrected chi connectivity index (χ0v) is 10.9. The topological polar surface area (TPSA) is 28.7 Å². The van der Waals surface area contributed by atoms with Gasteiger partial charge in [0.1, 0.15) is 5.76 Å². The Kier molecular flexibility index (Phi) is 3.60. The molecule has 0 aliphatic heterocycles. The lowest BCUT2D eigenvalue weighted by Crippen LogP contribution is -2.08. The van der Waals surface area contributed by atoms with Crippen molar-refractivity contribution >= 4 is 17.6 Å². The van der Waals surface area contributed by atoms with Crippen molar-refractivity contribution in [3.05, 3.63) is 84.8 Å². The highest BCUT2D eigenvalue weighted by molar-refractivity contribution is 5.78. The standard InChI is InChI=1S/C17H14N2O/c1-3-8-15(9-4-1)19(16-10-5-2-6-11-16)18-14-17-12-7-13-20-17/h1-14H/b18-14+. The summed E-state index contributed by atoms with van der Waals surface area (Å²) in [5.74, 6) is 0.724. The fourth-order valence-corrected chi connectivity index (χ4v) is 1.90. The summed E-state index contributed by atoms with van der Waals surface area (Å²) in [6, 6.07) is 23.8. The molecule has 0 aliphatic rings. The van der Waals surface area contributed by atoms with Crippen molar-refractivity contribution in [1.29, 1.82) is 0 Å². The first kappa shape index (κ1) is 12.2. The summed E-state index contributed by atoms with van der Waals surface area (Å²) < 4.78 is 5.28. The Hall–Kier alpha value is -2.81. The molecule has 3 nitrogen and oxygen atoms in total. The summed E-state index contributed by atoms with van der Waals surface area (Å²) in [6.45, 7) is 0. The number of benzene rings is 2. The van der Waals surface area contributed by atoms with Crippen LogP contribution in [0.2, 0.25) is 0 Å². The largest absolute Gasteiger partial charge is 0.463 e. The van der Waals surface area contributed by atoms with Gasteiger partial charge in [0.2, 0.25) is 0 Å². The minimum atomic E-state index is 0.724. The van der Waals surface area contributed by atoms with Gasteiger partial charge in [-0.1, -0.05) is 36.4 Å². The summed E-state index contributed by atoms with van der Waals surface area (Å²) in [6.07, 6.45) is 3.34. The van der Waals surface area contributed by atoms with E-state index in [4.69, 9.17) is 4.42 Å². The van der Waals surface area contributed by atoms with Gasteiger partial charge in [0.25, 0.3) is 0 Å². The molecule has 0 aliphatic carbocycles. The van der Waals surface area contributed by atoms with E-state index in [0.717, 1.165) is 17.1 Å². The van der Waals surface area contributed by atoms with E-state index in [1.165, 1.54) is 0 Å². The van der Waals surface area contributed by atoms with Crippen molar-refractivity contribution in [2.45, 2.75) is 0 Å². The molecule has 0 saturated heterocycles. The first-order valence-corrected chi connectivity index (χ1v) is 6.41. The smallest absolute Gasteiger partial charge is 0.146 e. The van der Waals surface area contributed by atoms with Gasteiger partial charge in [-0.2, -0.15) is 5.10 Å². The van der Waals surface area contributed by atoms with E-state index < -0.39 is 0 Å². The second kappa shape index (κ2) is 5.89. The van der Waals surface area contributed by atoms with E-state index in [2.05, 4.69) is 5.10 Å². The van der Waals surface area contributed by atoms with E-state index in [0.29, 0.717) is 0 Å². The number of rotatable bonds is 4. The van der Waals surface area contributed by atoms with Gasteiger partial charge < -0.3 is 4.42 Å². The summed E-state index contributed by atoms with van der Waals surface area (Å²) in [5, 5.41) is 6.40. The average molecular weight is 262 g/mol. The second-order valence-corrected chi connectivity index (χ2v) is 4.24.